The fourth-order valence-corrected chi connectivity index (χ4v) is 5.62. The molecule has 0 aliphatic carbocycles. The van der Waals surface area contributed by atoms with Gasteiger partial charge in [0, 0.05) is 24.7 Å². The van der Waals surface area contributed by atoms with Crippen LogP contribution in [0.3, 0.4) is 0 Å². The number of fused-ring (bicyclic) bond motifs is 3. The van der Waals surface area contributed by atoms with Gasteiger partial charge in [0.15, 0.2) is 0 Å². The molecule has 2 aromatic carbocycles. The summed E-state index contributed by atoms with van der Waals surface area (Å²) in [4.78, 5) is 49.5. The number of H-pyrrole nitrogens is 1. The van der Waals surface area contributed by atoms with E-state index in [0.29, 0.717) is 12.1 Å². The molecule has 0 radical (unpaired) electrons. The number of hydrogen-bond donors (Lipinski definition) is 2. The van der Waals surface area contributed by atoms with Crippen molar-refractivity contribution in [2.24, 2.45) is 5.92 Å². The van der Waals surface area contributed by atoms with Crippen molar-refractivity contribution in [1.29, 1.82) is 0 Å². The Bertz CT molecular complexity index is 1470. The number of benzene rings is 2. The number of para-hydroxylation sites is 1. The van der Waals surface area contributed by atoms with Crippen LogP contribution in [0, 0.1) is 24.1 Å². The highest BCUT2D eigenvalue weighted by Gasteiger charge is 2.59. The monoisotopic (exact) mass is 519 g/mol. The van der Waals surface area contributed by atoms with Crippen molar-refractivity contribution in [3.05, 3.63) is 76.8 Å². The summed E-state index contributed by atoms with van der Waals surface area (Å²) in [6, 6.07) is 9.49. The molecule has 0 saturated carbocycles. The third-order valence-corrected chi connectivity index (χ3v) is 7.58. The lowest BCUT2D eigenvalue weighted by atomic mass is 9.80. The van der Waals surface area contributed by atoms with E-state index in [4.69, 9.17) is 6.57 Å². The summed E-state index contributed by atoms with van der Waals surface area (Å²) >= 11 is 0. The minimum atomic E-state index is -1.04. The third-order valence-electron chi connectivity index (χ3n) is 7.58. The molecule has 3 atom stereocenters. The van der Waals surface area contributed by atoms with E-state index in [2.05, 4.69) is 15.1 Å². The Kier molecular flexibility index (Phi) is 6.18. The van der Waals surface area contributed by atoms with Gasteiger partial charge in [-0.2, -0.15) is 0 Å². The van der Waals surface area contributed by atoms with Gasteiger partial charge in [0.1, 0.15) is 28.8 Å². The molecule has 3 heterocycles. The second-order valence-electron chi connectivity index (χ2n) is 10.4. The number of aromatic amines is 1. The number of likely N-dealkylation sites (tertiary alicyclic amines) is 1. The maximum absolute atomic E-state index is 14.2. The summed E-state index contributed by atoms with van der Waals surface area (Å²) in [5, 5.41) is 2.81. The molecule has 3 amide bonds. The molecule has 8 nitrogen and oxygen atoms in total. The number of rotatable bonds is 5. The van der Waals surface area contributed by atoms with Gasteiger partial charge >= 0.3 is 6.17 Å². The van der Waals surface area contributed by atoms with E-state index in [1.807, 2.05) is 32.0 Å². The highest BCUT2D eigenvalue weighted by Crippen LogP contribution is 2.47. The summed E-state index contributed by atoms with van der Waals surface area (Å²) in [6.45, 7) is 11.6. The number of carbonyl (C=O) groups excluding carboxylic acids is 3. The lowest BCUT2D eigenvalue weighted by molar-refractivity contribution is -0.136. The molecule has 2 N–H and O–H groups in total. The molecule has 2 aliphatic rings. The number of nitrogens with one attached hydrogen (secondary N) is 2. The molecule has 1 saturated heterocycles. The van der Waals surface area contributed by atoms with Gasteiger partial charge in [-0.05, 0) is 42.2 Å². The van der Waals surface area contributed by atoms with E-state index >= 15 is 0 Å². The molecule has 3 aromatic rings. The average molecular weight is 520 g/mol. The highest BCUT2D eigenvalue weighted by atomic mass is 19.1. The van der Waals surface area contributed by atoms with E-state index in [9.17, 15) is 23.2 Å². The molecule has 1 spiro atoms. The van der Waals surface area contributed by atoms with Gasteiger partial charge in [0.25, 0.3) is 11.8 Å². The molecule has 38 heavy (non-hydrogen) atoms. The Morgan fingerprint density at radius 2 is 1.92 bits per heavy atom. The lowest BCUT2D eigenvalue weighted by Crippen LogP contribution is -2.51. The number of halogens is 2. The summed E-state index contributed by atoms with van der Waals surface area (Å²) in [5.41, 5.74) is 0.185. The first-order valence-corrected chi connectivity index (χ1v) is 12.4. The van der Waals surface area contributed by atoms with Crippen LogP contribution in [0.25, 0.3) is 15.7 Å². The maximum atomic E-state index is 14.2. The van der Waals surface area contributed by atoms with Gasteiger partial charge in [0.05, 0.1) is 11.9 Å². The quantitative estimate of drug-likeness (QED) is 0.493. The molecular formula is C28H27F2N5O3. The summed E-state index contributed by atoms with van der Waals surface area (Å²) < 4.78 is 28.5. The summed E-state index contributed by atoms with van der Waals surface area (Å²) in [7, 11) is 1.46. The first-order valence-electron chi connectivity index (χ1n) is 12.4. The van der Waals surface area contributed by atoms with Crippen LogP contribution in [0.2, 0.25) is 0 Å². The molecule has 5 rings (SSSR count). The van der Waals surface area contributed by atoms with Crippen LogP contribution in [0.5, 0.6) is 0 Å². The molecule has 196 valence electrons. The van der Waals surface area contributed by atoms with Gasteiger partial charge in [-0.3, -0.25) is 24.1 Å². The molecule has 0 bridgehead atoms. The van der Waals surface area contributed by atoms with Gasteiger partial charge in [-0.15, -0.1) is 0 Å². The zero-order valence-corrected chi connectivity index (χ0v) is 21.2. The maximum Gasteiger partial charge on any atom is 0.302 e. The summed E-state index contributed by atoms with van der Waals surface area (Å²) in [6.07, 6.45) is -0.438. The lowest BCUT2D eigenvalue weighted by Gasteiger charge is -2.32. The van der Waals surface area contributed by atoms with E-state index < -0.39 is 41.1 Å². The van der Waals surface area contributed by atoms with Gasteiger partial charge in [0.2, 0.25) is 5.91 Å². The molecule has 1 fully saturated rings. The van der Waals surface area contributed by atoms with Gasteiger partial charge in [-0.1, -0.05) is 32.0 Å². The standard InChI is InChI=1S/C28H27F2N5O3/c1-15(2)11-22(34(4)25(36)21-12-16-18(29)9-10-19(30)24(16)32-21)26(37)35-14-28(13-23(35)31-3)17-7-5-6-8-20(17)33-27(28)38/h5-10,12,15,22-23,32H,11,13-14H2,1-2,4H3,(H,33,38)/t22-,23-,28-/m0/s1. The first-order chi connectivity index (χ1) is 18.1. The van der Waals surface area contributed by atoms with Crippen molar-refractivity contribution < 1.29 is 23.2 Å². The Labute approximate surface area is 218 Å². The van der Waals surface area contributed by atoms with Crippen molar-refractivity contribution in [3.63, 3.8) is 0 Å². The van der Waals surface area contributed by atoms with Crippen molar-refractivity contribution in [2.75, 3.05) is 18.9 Å². The molecule has 2 aliphatic heterocycles. The molecule has 1 aromatic heterocycles. The third kappa shape index (κ3) is 3.90. The SMILES string of the molecule is [C-]#[N+][C@@H]1C[C@@]2(CN1C(=O)[C@H](CC(C)C)N(C)C(=O)c1cc3c(F)ccc(F)c3[nH]1)C(=O)Nc1ccccc12. The Morgan fingerprint density at radius 1 is 1.21 bits per heavy atom. The second-order valence-corrected chi connectivity index (χ2v) is 10.4. The van der Waals surface area contributed by atoms with Crippen molar-refractivity contribution in [2.45, 2.75) is 44.3 Å². The van der Waals surface area contributed by atoms with E-state index in [1.54, 1.807) is 6.07 Å². The molecule has 10 heteroatoms. The zero-order valence-electron chi connectivity index (χ0n) is 21.2. The summed E-state index contributed by atoms with van der Waals surface area (Å²) in [5.74, 6) is -2.68. The van der Waals surface area contributed by atoms with E-state index in [-0.39, 0.29) is 41.4 Å². The van der Waals surface area contributed by atoms with Crippen LogP contribution in [0.1, 0.15) is 42.7 Å². The first kappa shape index (κ1) is 25.4. The Morgan fingerprint density at radius 3 is 2.61 bits per heavy atom. The normalized spacial score (nSPS) is 21.0. The number of nitrogens with zero attached hydrogens (tertiary/aromatic N) is 3. The topological polar surface area (TPSA) is 89.9 Å². The number of hydrogen-bond acceptors (Lipinski definition) is 3. The molecular weight excluding hydrogens is 492 g/mol. The fraction of sp³-hybridized carbons (Fsp3) is 0.357. The minimum absolute atomic E-state index is 0.00950. The molecule has 0 unspecified atom stereocenters. The van der Waals surface area contributed by atoms with Gasteiger partial charge < -0.3 is 15.2 Å². The number of carbonyl (C=O) groups is 3. The predicted octanol–water partition coefficient (Wildman–Crippen LogP) is 4.30. The zero-order chi connectivity index (χ0) is 27.4. The number of amides is 3. The van der Waals surface area contributed by atoms with Crippen molar-refractivity contribution in [1.82, 2.24) is 14.8 Å². The number of anilines is 1. The predicted molar refractivity (Wildman–Crippen MR) is 137 cm³/mol. The van der Waals surface area contributed by atoms with Crippen LogP contribution < -0.4 is 5.32 Å². The van der Waals surface area contributed by atoms with Crippen LogP contribution in [0.4, 0.5) is 14.5 Å². The average Bonchev–Trinajstić information content (AvgIpc) is 3.59. The largest absolute Gasteiger partial charge is 0.348 e. The Hall–Kier alpha value is -4.26. The number of aromatic nitrogens is 1. The van der Waals surface area contributed by atoms with E-state index in [0.717, 1.165) is 17.7 Å². The van der Waals surface area contributed by atoms with Crippen LogP contribution in [0.15, 0.2) is 42.5 Å². The van der Waals surface area contributed by atoms with Gasteiger partial charge in [-0.25, -0.2) is 15.4 Å². The van der Waals surface area contributed by atoms with Crippen molar-refractivity contribution in [3.8, 4) is 0 Å². The fourth-order valence-electron chi connectivity index (χ4n) is 5.62. The van der Waals surface area contributed by atoms with E-state index in [1.165, 1.54) is 22.9 Å². The van der Waals surface area contributed by atoms with Crippen LogP contribution >= 0.6 is 0 Å². The van der Waals surface area contributed by atoms with Crippen molar-refractivity contribution >= 4 is 34.3 Å². The number of likely N-dealkylation sites (N-methyl/N-ethyl adjacent to an activating group) is 1. The van der Waals surface area contributed by atoms with Crippen LogP contribution in [-0.2, 0) is 15.0 Å². The highest BCUT2D eigenvalue weighted by molar-refractivity contribution is 6.07. The Balaban J connectivity index is 1.47. The minimum Gasteiger partial charge on any atom is -0.348 e. The van der Waals surface area contributed by atoms with Crippen LogP contribution in [-0.4, -0.2) is 58.3 Å². The second kappa shape index (κ2) is 9.24. The smallest absolute Gasteiger partial charge is 0.302 e.